The van der Waals surface area contributed by atoms with E-state index in [1.165, 1.54) is 0 Å². The van der Waals surface area contributed by atoms with Gasteiger partial charge in [0.25, 0.3) is 0 Å². The monoisotopic (exact) mass is 229 g/mol. The Morgan fingerprint density at radius 2 is 2.31 bits per heavy atom. The Balaban J connectivity index is 2.26. The summed E-state index contributed by atoms with van der Waals surface area (Å²) in [6.07, 6.45) is 1.86. The van der Waals surface area contributed by atoms with Crippen LogP contribution >= 0.6 is 0 Å². The number of hydrogen-bond donors (Lipinski definition) is 3. The first kappa shape index (κ1) is 13.4. The van der Waals surface area contributed by atoms with E-state index in [0.29, 0.717) is 6.54 Å². The lowest BCUT2D eigenvalue weighted by atomic mass is 10.2. The van der Waals surface area contributed by atoms with Crippen LogP contribution in [0, 0.1) is 0 Å². The molecule has 0 saturated carbocycles. The van der Waals surface area contributed by atoms with Crippen molar-refractivity contribution in [1.29, 1.82) is 0 Å². The second-order valence-electron chi connectivity index (χ2n) is 4.23. The van der Waals surface area contributed by atoms with Crippen molar-refractivity contribution >= 4 is 5.91 Å². The number of hydrogen-bond acceptors (Lipinski definition) is 4. The van der Waals surface area contributed by atoms with Crippen molar-refractivity contribution in [2.24, 2.45) is 0 Å². The van der Waals surface area contributed by atoms with Gasteiger partial charge in [-0.3, -0.25) is 9.69 Å². The predicted molar refractivity (Wildman–Crippen MR) is 63.2 cm³/mol. The van der Waals surface area contributed by atoms with Crippen LogP contribution in [0.5, 0.6) is 0 Å². The van der Waals surface area contributed by atoms with Crippen LogP contribution < -0.4 is 10.6 Å². The molecule has 0 bridgehead atoms. The van der Waals surface area contributed by atoms with E-state index in [1.807, 2.05) is 6.92 Å². The quantitative estimate of drug-likeness (QED) is 0.576. The third-order valence-electron chi connectivity index (χ3n) is 2.88. The molecule has 16 heavy (non-hydrogen) atoms. The fraction of sp³-hybridized carbons (Fsp3) is 0.909. The molecule has 1 aliphatic heterocycles. The average Bonchev–Trinajstić information content (AvgIpc) is 2.54. The molecule has 0 aliphatic carbocycles. The number of rotatable bonds is 5. The second-order valence-corrected chi connectivity index (χ2v) is 4.23. The number of carbonyl (C=O) groups excluding carboxylic acids is 1. The number of aliphatic hydroxyl groups is 1. The van der Waals surface area contributed by atoms with Crippen LogP contribution in [0.1, 0.15) is 19.8 Å². The maximum atomic E-state index is 11.7. The fourth-order valence-corrected chi connectivity index (χ4v) is 1.81. The van der Waals surface area contributed by atoms with E-state index in [2.05, 4.69) is 15.5 Å². The van der Waals surface area contributed by atoms with Gasteiger partial charge in [0.05, 0.1) is 19.2 Å². The first-order valence-corrected chi connectivity index (χ1v) is 6.09. The third kappa shape index (κ3) is 4.92. The van der Waals surface area contributed by atoms with E-state index in [4.69, 9.17) is 5.11 Å². The highest BCUT2D eigenvalue weighted by atomic mass is 16.3. The topological polar surface area (TPSA) is 64.6 Å². The fourth-order valence-electron chi connectivity index (χ4n) is 1.81. The smallest absolute Gasteiger partial charge is 0.234 e. The van der Waals surface area contributed by atoms with E-state index in [9.17, 15) is 4.79 Å². The molecule has 1 aliphatic rings. The van der Waals surface area contributed by atoms with Crippen molar-refractivity contribution in [2.45, 2.75) is 25.8 Å². The van der Waals surface area contributed by atoms with Crippen molar-refractivity contribution in [2.75, 3.05) is 39.3 Å². The normalized spacial score (nSPS) is 20.1. The Morgan fingerprint density at radius 3 is 3.00 bits per heavy atom. The second kappa shape index (κ2) is 7.60. The van der Waals surface area contributed by atoms with Crippen LogP contribution in [0.25, 0.3) is 0 Å². The van der Waals surface area contributed by atoms with Crippen LogP contribution in [0.15, 0.2) is 0 Å². The standard InChI is InChI=1S/C11H23N3O2/c1-2-10(9-15)13-11(16)8-14-6-3-4-12-5-7-14/h10,12,15H,2-9H2,1H3,(H,13,16). The highest BCUT2D eigenvalue weighted by Crippen LogP contribution is 1.95. The molecule has 94 valence electrons. The Kier molecular flexibility index (Phi) is 6.37. The molecule has 1 heterocycles. The summed E-state index contributed by atoms with van der Waals surface area (Å²) in [5, 5.41) is 15.1. The molecule has 1 fully saturated rings. The van der Waals surface area contributed by atoms with Crippen molar-refractivity contribution < 1.29 is 9.90 Å². The lowest BCUT2D eigenvalue weighted by Crippen LogP contribution is -2.44. The molecule has 1 saturated heterocycles. The number of nitrogens with zero attached hydrogens (tertiary/aromatic N) is 1. The van der Waals surface area contributed by atoms with Gasteiger partial charge in [0.15, 0.2) is 0 Å². The van der Waals surface area contributed by atoms with Crippen LogP contribution in [-0.4, -0.2) is 61.3 Å². The predicted octanol–water partition coefficient (Wildman–Crippen LogP) is -0.831. The Bertz CT molecular complexity index is 199. The van der Waals surface area contributed by atoms with Gasteiger partial charge in [-0.1, -0.05) is 6.92 Å². The van der Waals surface area contributed by atoms with Crippen molar-refractivity contribution in [1.82, 2.24) is 15.5 Å². The Labute approximate surface area is 97.2 Å². The average molecular weight is 229 g/mol. The third-order valence-corrected chi connectivity index (χ3v) is 2.88. The zero-order valence-corrected chi connectivity index (χ0v) is 10.0. The summed E-state index contributed by atoms with van der Waals surface area (Å²) in [6, 6.07) is -0.0994. The van der Waals surface area contributed by atoms with E-state index < -0.39 is 0 Å². The van der Waals surface area contributed by atoms with Crippen molar-refractivity contribution in [3.63, 3.8) is 0 Å². The largest absolute Gasteiger partial charge is 0.394 e. The minimum absolute atomic E-state index is 0.0165. The molecule has 1 unspecified atom stereocenters. The summed E-state index contributed by atoms with van der Waals surface area (Å²) in [6.45, 7) is 6.29. The van der Waals surface area contributed by atoms with E-state index in [1.54, 1.807) is 0 Å². The minimum Gasteiger partial charge on any atom is -0.394 e. The highest BCUT2D eigenvalue weighted by Gasteiger charge is 2.14. The first-order chi connectivity index (χ1) is 7.76. The summed E-state index contributed by atoms with van der Waals surface area (Å²) in [4.78, 5) is 13.8. The summed E-state index contributed by atoms with van der Waals surface area (Å²) in [5.41, 5.74) is 0. The van der Waals surface area contributed by atoms with Gasteiger partial charge in [0, 0.05) is 13.1 Å². The first-order valence-electron chi connectivity index (χ1n) is 6.09. The van der Waals surface area contributed by atoms with Crippen LogP contribution in [0.3, 0.4) is 0 Å². The molecule has 1 atom stereocenters. The zero-order valence-electron chi connectivity index (χ0n) is 10.0. The molecular formula is C11H23N3O2. The number of carbonyl (C=O) groups is 1. The molecule has 1 amide bonds. The van der Waals surface area contributed by atoms with Crippen molar-refractivity contribution in [3.05, 3.63) is 0 Å². The molecule has 0 spiro atoms. The molecule has 0 radical (unpaired) electrons. The van der Waals surface area contributed by atoms with Gasteiger partial charge < -0.3 is 15.7 Å². The highest BCUT2D eigenvalue weighted by molar-refractivity contribution is 5.78. The molecule has 5 heteroatoms. The molecule has 1 rings (SSSR count). The lowest BCUT2D eigenvalue weighted by molar-refractivity contribution is -0.123. The van der Waals surface area contributed by atoms with E-state index in [-0.39, 0.29) is 18.6 Å². The van der Waals surface area contributed by atoms with Gasteiger partial charge in [0.2, 0.25) is 5.91 Å². The van der Waals surface area contributed by atoms with Gasteiger partial charge in [-0.2, -0.15) is 0 Å². The number of aliphatic hydroxyl groups excluding tert-OH is 1. The molecule has 5 nitrogen and oxygen atoms in total. The summed E-state index contributed by atoms with van der Waals surface area (Å²) < 4.78 is 0. The van der Waals surface area contributed by atoms with Crippen LogP contribution in [-0.2, 0) is 4.79 Å². The number of amides is 1. The van der Waals surface area contributed by atoms with Crippen molar-refractivity contribution in [3.8, 4) is 0 Å². The molecular weight excluding hydrogens is 206 g/mol. The molecule has 3 N–H and O–H groups in total. The molecule has 0 aromatic heterocycles. The minimum atomic E-state index is -0.0994. The van der Waals surface area contributed by atoms with Gasteiger partial charge in [-0.15, -0.1) is 0 Å². The van der Waals surface area contributed by atoms with Crippen LogP contribution in [0.2, 0.25) is 0 Å². The maximum Gasteiger partial charge on any atom is 0.234 e. The van der Waals surface area contributed by atoms with Gasteiger partial charge in [-0.25, -0.2) is 0 Å². The lowest BCUT2D eigenvalue weighted by Gasteiger charge is -2.21. The van der Waals surface area contributed by atoms with E-state index >= 15 is 0 Å². The maximum absolute atomic E-state index is 11.7. The summed E-state index contributed by atoms with van der Waals surface area (Å²) in [7, 11) is 0. The van der Waals surface area contributed by atoms with Crippen LogP contribution in [0.4, 0.5) is 0 Å². The number of nitrogens with one attached hydrogen (secondary N) is 2. The summed E-state index contributed by atoms with van der Waals surface area (Å²) >= 11 is 0. The summed E-state index contributed by atoms with van der Waals surface area (Å²) in [5.74, 6) is 0.0165. The Hall–Kier alpha value is -0.650. The van der Waals surface area contributed by atoms with Gasteiger partial charge in [-0.05, 0) is 25.9 Å². The SMILES string of the molecule is CCC(CO)NC(=O)CN1CCCNCC1. The van der Waals surface area contributed by atoms with Gasteiger partial charge >= 0.3 is 0 Å². The molecule has 0 aromatic carbocycles. The zero-order chi connectivity index (χ0) is 11.8. The Morgan fingerprint density at radius 1 is 1.50 bits per heavy atom. The van der Waals surface area contributed by atoms with Gasteiger partial charge in [0.1, 0.15) is 0 Å². The van der Waals surface area contributed by atoms with E-state index in [0.717, 1.165) is 39.0 Å². The molecule has 0 aromatic rings.